The summed E-state index contributed by atoms with van der Waals surface area (Å²) in [6, 6.07) is 16.5. The van der Waals surface area contributed by atoms with Crippen LogP contribution in [0.3, 0.4) is 0 Å². The van der Waals surface area contributed by atoms with Gasteiger partial charge in [0.25, 0.3) is 5.91 Å². The minimum absolute atomic E-state index is 0.152. The van der Waals surface area contributed by atoms with Crippen molar-refractivity contribution in [2.75, 3.05) is 20.8 Å². The molecule has 3 aromatic rings. The van der Waals surface area contributed by atoms with Crippen LogP contribution in [0.5, 0.6) is 11.5 Å². The maximum absolute atomic E-state index is 12.2. The van der Waals surface area contributed by atoms with E-state index in [4.69, 9.17) is 14.0 Å². The van der Waals surface area contributed by atoms with Gasteiger partial charge in [0.05, 0.1) is 19.9 Å². The van der Waals surface area contributed by atoms with E-state index >= 15 is 0 Å². The van der Waals surface area contributed by atoms with E-state index in [1.165, 1.54) is 0 Å². The summed E-state index contributed by atoms with van der Waals surface area (Å²) in [6.07, 6.45) is 0.573. The maximum Gasteiger partial charge on any atom is 0.251 e. The molecule has 0 aliphatic carbocycles. The third kappa shape index (κ3) is 4.22. The molecule has 6 nitrogen and oxygen atoms in total. The Morgan fingerprint density at radius 1 is 1.04 bits per heavy atom. The molecule has 0 unspecified atom stereocenters. The highest BCUT2D eigenvalue weighted by Crippen LogP contribution is 2.24. The average Bonchev–Trinajstić information content (AvgIpc) is 3.17. The first-order chi connectivity index (χ1) is 12.7. The number of amides is 1. The lowest BCUT2D eigenvalue weighted by Crippen LogP contribution is -2.25. The molecule has 0 fully saturated rings. The molecule has 0 bridgehead atoms. The van der Waals surface area contributed by atoms with E-state index in [1.54, 1.807) is 38.5 Å². The molecule has 0 saturated heterocycles. The first-order valence-electron chi connectivity index (χ1n) is 8.22. The van der Waals surface area contributed by atoms with Crippen molar-refractivity contribution in [3.8, 4) is 22.8 Å². The van der Waals surface area contributed by atoms with Crippen molar-refractivity contribution in [1.29, 1.82) is 0 Å². The lowest BCUT2D eigenvalue weighted by molar-refractivity contribution is 0.0953. The SMILES string of the molecule is COc1cccc(C(=O)NCCc2cc(-c3cccc(OC)c3)on2)c1. The zero-order valence-corrected chi connectivity index (χ0v) is 14.7. The molecule has 2 aromatic carbocycles. The Morgan fingerprint density at radius 3 is 2.54 bits per heavy atom. The minimum Gasteiger partial charge on any atom is -0.497 e. The number of carbonyl (C=O) groups is 1. The van der Waals surface area contributed by atoms with Gasteiger partial charge >= 0.3 is 0 Å². The number of nitrogens with zero attached hydrogens (tertiary/aromatic N) is 1. The number of aromatic nitrogens is 1. The third-order valence-corrected chi connectivity index (χ3v) is 3.91. The highest BCUT2D eigenvalue weighted by atomic mass is 16.5. The second-order valence-corrected chi connectivity index (χ2v) is 5.65. The monoisotopic (exact) mass is 352 g/mol. The van der Waals surface area contributed by atoms with Crippen molar-refractivity contribution in [2.24, 2.45) is 0 Å². The van der Waals surface area contributed by atoms with Crippen LogP contribution in [-0.2, 0) is 6.42 Å². The van der Waals surface area contributed by atoms with Gasteiger partial charge in [-0.1, -0.05) is 23.4 Å². The summed E-state index contributed by atoms with van der Waals surface area (Å²) in [7, 11) is 3.19. The number of rotatable bonds is 7. The molecular formula is C20H20N2O4. The molecule has 3 rings (SSSR count). The second kappa shape index (κ2) is 8.20. The van der Waals surface area contributed by atoms with Gasteiger partial charge in [-0.3, -0.25) is 4.79 Å². The van der Waals surface area contributed by atoms with E-state index in [1.807, 2.05) is 30.3 Å². The first-order valence-corrected chi connectivity index (χ1v) is 8.22. The van der Waals surface area contributed by atoms with Gasteiger partial charge in [-0.05, 0) is 30.3 Å². The van der Waals surface area contributed by atoms with Crippen LogP contribution in [0.1, 0.15) is 16.1 Å². The summed E-state index contributed by atoms with van der Waals surface area (Å²) in [5, 5.41) is 6.93. The minimum atomic E-state index is -0.152. The van der Waals surface area contributed by atoms with E-state index < -0.39 is 0 Å². The molecule has 0 aliphatic rings. The number of hydrogen-bond donors (Lipinski definition) is 1. The number of hydrogen-bond acceptors (Lipinski definition) is 5. The summed E-state index contributed by atoms with van der Waals surface area (Å²) in [5.41, 5.74) is 2.22. The van der Waals surface area contributed by atoms with Crippen LogP contribution >= 0.6 is 0 Å². The summed E-state index contributed by atoms with van der Waals surface area (Å²) in [6.45, 7) is 0.458. The van der Waals surface area contributed by atoms with Crippen molar-refractivity contribution >= 4 is 5.91 Å². The van der Waals surface area contributed by atoms with Crippen LogP contribution in [0.4, 0.5) is 0 Å². The summed E-state index contributed by atoms with van der Waals surface area (Å²) >= 11 is 0. The summed E-state index contributed by atoms with van der Waals surface area (Å²) in [4.78, 5) is 12.2. The van der Waals surface area contributed by atoms with Gasteiger partial charge in [0.1, 0.15) is 11.5 Å². The van der Waals surface area contributed by atoms with Gasteiger partial charge < -0.3 is 19.3 Å². The Morgan fingerprint density at radius 2 is 1.77 bits per heavy atom. The molecule has 6 heteroatoms. The Hall–Kier alpha value is -3.28. The van der Waals surface area contributed by atoms with Crippen LogP contribution in [0.2, 0.25) is 0 Å². The number of ether oxygens (including phenoxy) is 2. The predicted octanol–water partition coefficient (Wildman–Crippen LogP) is 3.33. The molecule has 0 spiro atoms. The highest BCUT2D eigenvalue weighted by molar-refractivity contribution is 5.94. The fraction of sp³-hybridized carbons (Fsp3) is 0.200. The number of methoxy groups -OCH3 is 2. The number of benzene rings is 2. The first kappa shape index (κ1) is 17.5. The van der Waals surface area contributed by atoms with E-state index in [9.17, 15) is 4.79 Å². The smallest absolute Gasteiger partial charge is 0.251 e. The maximum atomic E-state index is 12.2. The van der Waals surface area contributed by atoms with Gasteiger partial charge in [0, 0.05) is 30.2 Å². The molecule has 1 N–H and O–H groups in total. The van der Waals surface area contributed by atoms with Crippen LogP contribution in [-0.4, -0.2) is 31.8 Å². The lowest BCUT2D eigenvalue weighted by atomic mass is 10.1. The van der Waals surface area contributed by atoms with Crippen LogP contribution in [0.25, 0.3) is 11.3 Å². The van der Waals surface area contributed by atoms with Gasteiger partial charge in [0.2, 0.25) is 0 Å². The zero-order valence-electron chi connectivity index (χ0n) is 14.7. The van der Waals surface area contributed by atoms with Crippen LogP contribution < -0.4 is 14.8 Å². The Labute approximate surface area is 151 Å². The van der Waals surface area contributed by atoms with Gasteiger partial charge in [-0.2, -0.15) is 0 Å². The molecule has 26 heavy (non-hydrogen) atoms. The largest absolute Gasteiger partial charge is 0.497 e. The van der Waals surface area contributed by atoms with Crippen molar-refractivity contribution in [3.63, 3.8) is 0 Å². The molecular weight excluding hydrogens is 332 g/mol. The fourth-order valence-corrected chi connectivity index (χ4v) is 2.51. The van der Waals surface area contributed by atoms with E-state index in [2.05, 4.69) is 10.5 Å². The van der Waals surface area contributed by atoms with Gasteiger partial charge in [-0.15, -0.1) is 0 Å². The molecule has 0 atom stereocenters. The van der Waals surface area contributed by atoms with Crippen molar-refractivity contribution in [2.45, 2.75) is 6.42 Å². The molecule has 0 radical (unpaired) electrons. The number of nitrogens with one attached hydrogen (secondary N) is 1. The molecule has 0 aliphatic heterocycles. The molecule has 134 valence electrons. The summed E-state index contributed by atoms with van der Waals surface area (Å²) in [5.74, 6) is 1.92. The Kier molecular flexibility index (Phi) is 5.53. The topological polar surface area (TPSA) is 73.6 Å². The van der Waals surface area contributed by atoms with Crippen molar-refractivity contribution in [3.05, 3.63) is 65.9 Å². The Balaban J connectivity index is 1.57. The Bertz CT molecular complexity index is 889. The third-order valence-electron chi connectivity index (χ3n) is 3.91. The summed E-state index contributed by atoms with van der Waals surface area (Å²) < 4.78 is 15.7. The van der Waals surface area contributed by atoms with Crippen molar-refractivity contribution < 1.29 is 18.8 Å². The normalized spacial score (nSPS) is 10.4. The standard InChI is InChI=1S/C20H20N2O4/c1-24-17-7-3-5-14(11-17)19-13-16(22-26-19)9-10-21-20(23)15-6-4-8-18(12-15)25-2/h3-8,11-13H,9-10H2,1-2H3,(H,21,23). The molecule has 1 aromatic heterocycles. The quantitative estimate of drug-likeness (QED) is 0.706. The van der Waals surface area contributed by atoms with Crippen LogP contribution in [0.15, 0.2) is 59.1 Å². The van der Waals surface area contributed by atoms with Gasteiger partial charge in [0.15, 0.2) is 5.76 Å². The number of carbonyl (C=O) groups excluding carboxylic acids is 1. The lowest BCUT2D eigenvalue weighted by Gasteiger charge is -2.05. The predicted molar refractivity (Wildman–Crippen MR) is 97.5 cm³/mol. The van der Waals surface area contributed by atoms with E-state index in [-0.39, 0.29) is 5.91 Å². The fourth-order valence-electron chi connectivity index (χ4n) is 2.51. The van der Waals surface area contributed by atoms with E-state index in [0.717, 1.165) is 17.0 Å². The zero-order chi connectivity index (χ0) is 18.4. The second-order valence-electron chi connectivity index (χ2n) is 5.65. The van der Waals surface area contributed by atoms with Crippen molar-refractivity contribution in [1.82, 2.24) is 10.5 Å². The average molecular weight is 352 g/mol. The van der Waals surface area contributed by atoms with E-state index in [0.29, 0.717) is 30.0 Å². The highest BCUT2D eigenvalue weighted by Gasteiger charge is 2.09. The van der Waals surface area contributed by atoms with Gasteiger partial charge in [-0.25, -0.2) is 0 Å². The van der Waals surface area contributed by atoms with Crippen LogP contribution in [0, 0.1) is 0 Å². The molecule has 1 heterocycles. The molecule has 1 amide bonds. The molecule has 0 saturated carbocycles.